The van der Waals surface area contributed by atoms with Gasteiger partial charge in [-0.25, -0.2) is 0 Å². The van der Waals surface area contributed by atoms with Crippen LogP contribution in [0.2, 0.25) is 0 Å². The Hall–Kier alpha value is -1.16. The Labute approximate surface area is 87.2 Å². The third kappa shape index (κ3) is 2.09. The molecule has 1 unspecified atom stereocenters. The standard InChI is InChI=1S/C11H13F2NO/c1-7-10-8(5-6-14-7)3-2-4-9(10)15-11(12)13/h2-4,7,11,14H,5-6H2,1H3. The molecule has 4 heteroatoms. The second kappa shape index (κ2) is 4.14. The molecule has 0 radical (unpaired) electrons. The van der Waals surface area contributed by atoms with Gasteiger partial charge in [0.2, 0.25) is 0 Å². The van der Waals surface area contributed by atoms with Crippen molar-refractivity contribution in [3.05, 3.63) is 29.3 Å². The van der Waals surface area contributed by atoms with Crippen molar-refractivity contribution in [2.75, 3.05) is 6.54 Å². The quantitative estimate of drug-likeness (QED) is 0.815. The lowest BCUT2D eigenvalue weighted by molar-refractivity contribution is -0.0507. The van der Waals surface area contributed by atoms with Crippen molar-refractivity contribution >= 4 is 0 Å². The molecular formula is C11H13F2NO. The lowest BCUT2D eigenvalue weighted by Crippen LogP contribution is -2.28. The highest BCUT2D eigenvalue weighted by Gasteiger charge is 2.21. The van der Waals surface area contributed by atoms with Crippen LogP contribution in [0.3, 0.4) is 0 Å². The zero-order valence-electron chi connectivity index (χ0n) is 8.47. The van der Waals surface area contributed by atoms with Gasteiger partial charge in [-0.1, -0.05) is 12.1 Å². The molecule has 15 heavy (non-hydrogen) atoms. The van der Waals surface area contributed by atoms with E-state index in [2.05, 4.69) is 10.1 Å². The number of nitrogens with one attached hydrogen (secondary N) is 1. The molecule has 2 rings (SSSR count). The van der Waals surface area contributed by atoms with Crippen LogP contribution < -0.4 is 10.1 Å². The third-order valence-electron chi connectivity index (χ3n) is 2.65. The second-order valence-corrected chi connectivity index (χ2v) is 3.63. The Kier molecular flexibility index (Phi) is 2.86. The summed E-state index contributed by atoms with van der Waals surface area (Å²) in [5, 5.41) is 3.23. The smallest absolute Gasteiger partial charge is 0.387 e. The first kappa shape index (κ1) is 10.4. The molecule has 0 aliphatic carbocycles. The van der Waals surface area contributed by atoms with Gasteiger partial charge in [-0.2, -0.15) is 8.78 Å². The van der Waals surface area contributed by atoms with Gasteiger partial charge in [0, 0.05) is 11.6 Å². The molecule has 0 fully saturated rings. The SMILES string of the molecule is CC1NCCc2cccc(OC(F)F)c21. The maximum Gasteiger partial charge on any atom is 0.387 e. The van der Waals surface area contributed by atoms with E-state index in [0.717, 1.165) is 24.1 Å². The van der Waals surface area contributed by atoms with Crippen molar-refractivity contribution < 1.29 is 13.5 Å². The van der Waals surface area contributed by atoms with Crippen molar-refractivity contribution in [1.82, 2.24) is 5.32 Å². The van der Waals surface area contributed by atoms with Crippen LogP contribution in [0, 0.1) is 0 Å². The third-order valence-corrected chi connectivity index (χ3v) is 2.65. The summed E-state index contributed by atoms with van der Waals surface area (Å²) < 4.78 is 28.9. The summed E-state index contributed by atoms with van der Waals surface area (Å²) in [6, 6.07) is 5.39. The summed E-state index contributed by atoms with van der Waals surface area (Å²) in [7, 11) is 0. The number of hydrogen-bond donors (Lipinski definition) is 1. The number of benzene rings is 1. The topological polar surface area (TPSA) is 21.3 Å². The van der Waals surface area contributed by atoms with Crippen LogP contribution in [0.1, 0.15) is 24.1 Å². The van der Waals surface area contributed by atoms with E-state index < -0.39 is 6.61 Å². The maximum atomic E-state index is 12.2. The van der Waals surface area contributed by atoms with Gasteiger partial charge in [0.05, 0.1) is 0 Å². The van der Waals surface area contributed by atoms with Crippen LogP contribution >= 0.6 is 0 Å². The fourth-order valence-corrected chi connectivity index (χ4v) is 2.02. The van der Waals surface area contributed by atoms with Gasteiger partial charge in [-0.3, -0.25) is 0 Å². The number of hydrogen-bond acceptors (Lipinski definition) is 2. The van der Waals surface area contributed by atoms with Crippen LogP contribution in [0.5, 0.6) is 5.75 Å². The molecule has 1 aliphatic heterocycles. The predicted octanol–water partition coefficient (Wildman–Crippen LogP) is 2.49. The number of halogens is 2. The summed E-state index contributed by atoms with van der Waals surface area (Å²) >= 11 is 0. The molecule has 0 bridgehead atoms. The number of ether oxygens (including phenoxy) is 1. The highest BCUT2D eigenvalue weighted by Crippen LogP contribution is 2.32. The Balaban J connectivity index is 2.38. The van der Waals surface area contributed by atoms with Gasteiger partial charge in [-0.05, 0) is 31.5 Å². The van der Waals surface area contributed by atoms with E-state index in [4.69, 9.17) is 0 Å². The molecule has 1 atom stereocenters. The fraction of sp³-hybridized carbons (Fsp3) is 0.455. The molecule has 0 spiro atoms. The molecule has 1 heterocycles. The van der Waals surface area contributed by atoms with Gasteiger partial charge < -0.3 is 10.1 Å². The summed E-state index contributed by atoms with van der Waals surface area (Å²) in [5.41, 5.74) is 1.96. The minimum absolute atomic E-state index is 0.0729. The van der Waals surface area contributed by atoms with E-state index in [1.54, 1.807) is 12.1 Å². The van der Waals surface area contributed by atoms with Crippen molar-refractivity contribution in [2.45, 2.75) is 26.0 Å². The monoisotopic (exact) mass is 213 g/mol. The van der Waals surface area contributed by atoms with Crippen LogP contribution in [0.25, 0.3) is 0 Å². The highest BCUT2D eigenvalue weighted by atomic mass is 19.3. The highest BCUT2D eigenvalue weighted by molar-refractivity contribution is 5.43. The van der Waals surface area contributed by atoms with Gasteiger partial charge >= 0.3 is 6.61 Å². The number of rotatable bonds is 2. The summed E-state index contributed by atoms with van der Waals surface area (Å²) in [6.07, 6.45) is 0.861. The van der Waals surface area contributed by atoms with Crippen LogP contribution in [-0.4, -0.2) is 13.2 Å². The van der Waals surface area contributed by atoms with Gasteiger partial charge in [0.15, 0.2) is 0 Å². The number of fused-ring (bicyclic) bond motifs is 1. The molecule has 1 N–H and O–H groups in total. The van der Waals surface area contributed by atoms with E-state index in [0.29, 0.717) is 5.75 Å². The molecule has 0 saturated heterocycles. The van der Waals surface area contributed by atoms with Crippen molar-refractivity contribution in [2.24, 2.45) is 0 Å². The Morgan fingerprint density at radius 3 is 3.00 bits per heavy atom. The van der Waals surface area contributed by atoms with E-state index in [9.17, 15) is 8.78 Å². The maximum absolute atomic E-state index is 12.2. The minimum atomic E-state index is -2.76. The van der Waals surface area contributed by atoms with Crippen LogP contribution in [0.15, 0.2) is 18.2 Å². The van der Waals surface area contributed by atoms with Crippen LogP contribution in [0.4, 0.5) is 8.78 Å². The molecule has 0 saturated carbocycles. The zero-order valence-corrected chi connectivity index (χ0v) is 8.47. The molecule has 82 valence electrons. The Morgan fingerprint density at radius 2 is 2.27 bits per heavy atom. The largest absolute Gasteiger partial charge is 0.434 e. The lowest BCUT2D eigenvalue weighted by Gasteiger charge is -2.26. The molecule has 1 aliphatic rings. The van der Waals surface area contributed by atoms with Crippen LogP contribution in [-0.2, 0) is 6.42 Å². The molecular weight excluding hydrogens is 200 g/mol. The van der Waals surface area contributed by atoms with E-state index in [1.807, 2.05) is 13.0 Å². The van der Waals surface area contributed by atoms with Gasteiger partial charge in [-0.15, -0.1) is 0 Å². The molecule has 0 amide bonds. The summed E-state index contributed by atoms with van der Waals surface area (Å²) in [6.45, 7) is 0.0773. The van der Waals surface area contributed by atoms with Crippen molar-refractivity contribution in [1.29, 1.82) is 0 Å². The molecule has 0 aromatic heterocycles. The van der Waals surface area contributed by atoms with E-state index in [-0.39, 0.29) is 6.04 Å². The molecule has 2 nitrogen and oxygen atoms in total. The van der Waals surface area contributed by atoms with Crippen molar-refractivity contribution in [3.63, 3.8) is 0 Å². The first-order chi connectivity index (χ1) is 7.18. The van der Waals surface area contributed by atoms with Gasteiger partial charge in [0.25, 0.3) is 0 Å². The lowest BCUT2D eigenvalue weighted by atomic mass is 9.94. The Morgan fingerprint density at radius 1 is 1.47 bits per heavy atom. The average molecular weight is 213 g/mol. The molecule has 1 aromatic carbocycles. The molecule has 1 aromatic rings. The first-order valence-electron chi connectivity index (χ1n) is 4.98. The van der Waals surface area contributed by atoms with E-state index in [1.165, 1.54) is 0 Å². The summed E-state index contributed by atoms with van der Waals surface area (Å²) in [4.78, 5) is 0. The minimum Gasteiger partial charge on any atom is -0.434 e. The Bertz CT molecular complexity index is 354. The zero-order chi connectivity index (χ0) is 10.8. The van der Waals surface area contributed by atoms with Crippen molar-refractivity contribution in [3.8, 4) is 5.75 Å². The number of alkyl halides is 2. The predicted molar refractivity (Wildman–Crippen MR) is 53.2 cm³/mol. The van der Waals surface area contributed by atoms with E-state index >= 15 is 0 Å². The fourth-order valence-electron chi connectivity index (χ4n) is 2.02. The van der Waals surface area contributed by atoms with Gasteiger partial charge in [0.1, 0.15) is 5.75 Å². The summed E-state index contributed by atoms with van der Waals surface area (Å²) in [5.74, 6) is 0.294. The average Bonchev–Trinajstić information content (AvgIpc) is 2.17. The first-order valence-corrected chi connectivity index (χ1v) is 4.98. The second-order valence-electron chi connectivity index (χ2n) is 3.63. The normalized spacial score (nSPS) is 20.1.